The SMILES string of the molecule is CCN(CC(=O)N1CCOc2cc([N+](=O)[O-])ccc21)C(=O)OC(C)(C)C. The van der Waals surface area contributed by atoms with Gasteiger partial charge in [-0.3, -0.25) is 19.8 Å². The molecule has 0 radical (unpaired) electrons. The van der Waals surface area contributed by atoms with E-state index in [0.29, 0.717) is 18.8 Å². The fourth-order valence-electron chi connectivity index (χ4n) is 2.46. The van der Waals surface area contributed by atoms with Crippen LogP contribution in [0.25, 0.3) is 0 Å². The maximum absolute atomic E-state index is 12.7. The molecule has 26 heavy (non-hydrogen) atoms. The van der Waals surface area contributed by atoms with Crippen LogP contribution in [-0.2, 0) is 9.53 Å². The van der Waals surface area contributed by atoms with Crippen molar-refractivity contribution in [3.05, 3.63) is 28.3 Å². The molecule has 1 aromatic carbocycles. The highest BCUT2D eigenvalue weighted by Gasteiger charge is 2.29. The number of anilines is 1. The molecule has 0 spiro atoms. The molecular weight excluding hydrogens is 342 g/mol. The number of fused-ring (bicyclic) bond motifs is 1. The van der Waals surface area contributed by atoms with Crippen molar-refractivity contribution < 1.29 is 24.0 Å². The number of ether oxygens (including phenoxy) is 2. The molecule has 0 fully saturated rings. The summed E-state index contributed by atoms with van der Waals surface area (Å²) in [5.74, 6) is -0.0322. The number of carbonyl (C=O) groups is 2. The van der Waals surface area contributed by atoms with Crippen LogP contribution in [0.4, 0.5) is 16.2 Å². The second kappa shape index (κ2) is 7.59. The zero-order chi connectivity index (χ0) is 19.5. The average molecular weight is 365 g/mol. The summed E-state index contributed by atoms with van der Waals surface area (Å²) in [7, 11) is 0. The number of nitro benzene ring substituents is 1. The summed E-state index contributed by atoms with van der Waals surface area (Å²) in [6.07, 6.45) is -0.564. The molecule has 0 saturated carbocycles. The van der Waals surface area contributed by atoms with Crippen LogP contribution in [0, 0.1) is 10.1 Å². The first-order valence-corrected chi connectivity index (χ1v) is 8.32. The number of benzene rings is 1. The number of rotatable bonds is 4. The van der Waals surface area contributed by atoms with Gasteiger partial charge < -0.3 is 14.4 Å². The minimum Gasteiger partial charge on any atom is -0.489 e. The standard InChI is InChI=1S/C17H23N3O6/c1-5-18(16(22)26-17(2,3)4)11-15(21)19-8-9-25-14-10-12(20(23)24)6-7-13(14)19/h6-7,10H,5,8-9,11H2,1-4H3. The maximum Gasteiger partial charge on any atom is 0.410 e. The molecule has 9 nitrogen and oxygen atoms in total. The first-order chi connectivity index (χ1) is 12.1. The zero-order valence-corrected chi connectivity index (χ0v) is 15.4. The lowest BCUT2D eigenvalue weighted by atomic mass is 10.2. The summed E-state index contributed by atoms with van der Waals surface area (Å²) in [6, 6.07) is 4.09. The average Bonchev–Trinajstić information content (AvgIpc) is 2.56. The Labute approximate surface area is 151 Å². The molecule has 142 valence electrons. The molecule has 1 aliphatic heterocycles. The fraction of sp³-hybridized carbons (Fsp3) is 0.529. The first-order valence-electron chi connectivity index (χ1n) is 8.32. The quantitative estimate of drug-likeness (QED) is 0.600. The van der Waals surface area contributed by atoms with Gasteiger partial charge in [-0.05, 0) is 33.8 Å². The van der Waals surface area contributed by atoms with E-state index in [4.69, 9.17) is 9.47 Å². The number of hydrogen-bond donors (Lipinski definition) is 0. The van der Waals surface area contributed by atoms with Gasteiger partial charge in [-0.2, -0.15) is 0 Å². The highest BCUT2D eigenvalue weighted by atomic mass is 16.6. The molecular formula is C17H23N3O6. The van der Waals surface area contributed by atoms with E-state index in [9.17, 15) is 19.7 Å². The smallest absolute Gasteiger partial charge is 0.410 e. The van der Waals surface area contributed by atoms with Crippen molar-refractivity contribution in [3.8, 4) is 5.75 Å². The summed E-state index contributed by atoms with van der Waals surface area (Å²) in [6.45, 7) is 7.71. The molecule has 0 saturated heterocycles. The number of carbonyl (C=O) groups excluding carboxylic acids is 2. The number of nitro groups is 1. The van der Waals surface area contributed by atoms with Crippen molar-refractivity contribution in [2.45, 2.75) is 33.3 Å². The van der Waals surface area contributed by atoms with E-state index in [1.54, 1.807) is 27.7 Å². The van der Waals surface area contributed by atoms with Crippen LogP contribution < -0.4 is 9.64 Å². The van der Waals surface area contributed by atoms with Gasteiger partial charge in [0.25, 0.3) is 5.69 Å². The summed E-state index contributed by atoms with van der Waals surface area (Å²) < 4.78 is 10.7. The maximum atomic E-state index is 12.7. The minimum atomic E-state index is -0.655. The van der Waals surface area contributed by atoms with Crippen LogP contribution in [0.2, 0.25) is 0 Å². The molecule has 0 aliphatic carbocycles. The third-order valence-corrected chi connectivity index (χ3v) is 3.68. The van der Waals surface area contributed by atoms with Crippen LogP contribution in [0.15, 0.2) is 18.2 Å². The van der Waals surface area contributed by atoms with Crippen LogP contribution in [-0.4, -0.2) is 53.7 Å². The van der Waals surface area contributed by atoms with E-state index >= 15 is 0 Å². The van der Waals surface area contributed by atoms with Gasteiger partial charge in [0.1, 0.15) is 24.5 Å². The molecule has 0 aromatic heterocycles. The largest absolute Gasteiger partial charge is 0.489 e. The second-order valence-electron chi connectivity index (χ2n) is 6.80. The zero-order valence-electron chi connectivity index (χ0n) is 15.4. The molecule has 9 heteroatoms. The van der Waals surface area contributed by atoms with Gasteiger partial charge in [-0.15, -0.1) is 0 Å². The number of likely N-dealkylation sites (N-methyl/N-ethyl adjacent to an activating group) is 1. The van der Waals surface area contributed by atoms with Gasteiger partial charge in [0.2, 0.25) is 5.91 Å². The van der Waals surface area contributed by atoms with Crippen molar-refractivity contribution >= 4 is 23.4 Å². The van der Waals surface area contributed by atoms with Crippen LogP contribution in [0.5, 0.6) is 5.75 Å². The lowest BCUT2D eigenvalue weighted by molar-refractivity contribution is -0.384. The van der Waals surface area contributed by atoms with Crippen LogP contribution in [0.3, 0.4) is 0 Å². The van der Waals surface area contributed by atoms with Gasteiger partial charge in [0, 0.05) is 12.6 Å². The lowest BCUT2D eigenvalue weighted by Crippen LogP contribution is -2.46. The molecule has 1 aromatic rings. The van der Waals surface area contributed by atoms with E-state index < -0.39 is 16.6 Å². The normalized spacial score (nSPS) is 13.5. The highest BCUT2D eigenvalue weighted by Crippen LogP contribution is 2.34. The van der Waals surface area contributed by atoms with E-state index in [-0.39, 0.29) is 30.5 Å². The Morgan fingerprint density at radius 3 is 2.65 bits per heavy atom. The van der Waals surface area contributed by atoms with Gasteiger partial charge >= 0.3 is 6.09 Å². The summed E-state index contributed by atoms with van der Waals surface area (Å²) in [4.78, 5) is 38.1. The Kier molecular flexibility index (Phi) is 5.69. The van der Waals surface area contributed by atoms with Crippen molar-refractivity contribution in [1.82, 2.24) is 4.90 Å². The highest BCUT2D eigenvalue weighted by molar-refractivity contribution is 5.98. The number of hydrogen-bond acceptors (Lipinski definition) is 6. The van der Waals surface area contributed by atoms with Crippen molar-refractivity contribution in [2.75, 3.05) is 31.1 Å². The Morgan fingerprint density at radius 2 is 2.08 bits per heavy atom. The minimum absolute atomic E-state index is 0.109. The van der Waals surface area contributed by atoms with Gasteiger partial charge in [0.05, 0.1) is 23.2 Å². The molecule has 1 heterocycles. The van der Waals surface area contributed by atoms with Crippen LogP contribution >= 0.6 is 0 Å². The van der Waals surface area contributed by atoms with Crippen molar-refractivity contribution in [3.63, 3.8) is 0 Å². The molecule has 1 aliphatic rings. The predicted molar refractivity (Wildman–Crippen MR) is 94.4 cm³/mol. The Balaban J connectivity index is 2.15. The Hall–Kier alpha value is -2.84. The lowest BCUT2D eigenvalue weighted by Gasteiger charge is -2.32. The van der Waals surface area contributed by atoms with Crippen LogP contribution in [0.1, 0.15) is 27.7 Å². The summed E-state index contributed by atoms with van der Waals surface area (Å²) in [5, 5.41) is 10.9. The number of non-ortho nitro benzene ring substituents is 1. The molecule has 2 rings (SSSR count). The molecule has 0 unspecified atom stereocenters. The van der Waals surface area contributed by atoms with Crippen molar-refractivity contribution in [1.29, 1.82) is 0 Å². The molecule has 0 N–H and O–H groups in total. The Morgan fingerprint density at radius 1 is 1.38 bits per heavy atom. The van der Waals surface area contributed by atoms with E-state index in [2.05, 4.69) is 0 Å². The molecule has 2 amide bonds. The predicted octanol–water partition coefficient (Wildman–Crippen LogP) is 2.58. The number of amides is 2. The van der Waals surface area contributed by atoms with Gasteiger partial charge in [0.15, 0.2) is 0 Å². The second-order valence-corrected chi connectivity index (χ2v) is 6.80. The monoisotopic (exact) mass is 365 g/mol. The topological polar surface area (TPSA) is 102 Å². The van der Waals surface area contributed by atoms with Crippen molar-refractivity contribution in [2.24, 2.45) is 0 Å². The fourth-order valence-corrected chi connectivity index (χ4v) is 2.46. The van der Waals surface area contributed by atoms with Gasteiger partial charge in [-0.25, -0.2) is 4.79 Å². The van der Waals surface area contributed by atoms with E-state index in [0.717, 1.165) is 0 Å². The molecule has 0 atom stereocenters. The third kappa shape index (κ3) is 4.62. The van der Waals surface area contributed by atoms with E-state index in [1.165, 1.54) is 28.0 Å². The Bertz CT molecular complexity index is 713. The first kappa shape index (κ1) is 19.5. The van der Waals surface area contributed by atoms with E-state index in [1.807, 2.05) is 0 Å². The molecule has 0 bridgehead atoms. The number of nitrogens with zero attached hydrogens (tertiary/aromatic N) is 3. The summed E-state index contributed by atoms with van der Waals surface area (Å²) in [5.41, 5.74) is -0.313. The van der Waals surface area contributed by atoms with Gasteiger partial charge in [-0.1, -0.05) is 0 Å². The summed E-state index contributed by atoms with van der Waals surface area (Å²) >= 11 is 0. The third-order valence-electron chi connectivity index (χ3n) is 3.68.